The molecule has 0 bridgehead atoms. The van der Waals surface area contributed by atoms with Gasteiger partial charge in [-0.25, -0.2) is 13.5 Å². The van der Waals surface area contributed by atoms with Gasteiger partial charge in [0.05, 0.1) is 50.6 Å². The van der Waals surface area contributed by atoms with Crippen LogP contribution in [0.5, 0.6) is 0 Å². The molecule has 0 saturated carbocycles. The largest absolute Gasteiger partial charge is 0.383 e. The summed E-state index contributed by atoms with van der Waals surface area (Å²) in [5.74, 6) is 0.0921. The number of para-hydroxylation sites is 1. The molecule has 1 N–H and O–H groups in total. The molecule has 0 aliphatic carbocycles. The molecule has 1 saturated heterocycles. The van der Waals surface area contributed by atoms with E-state index in [2.05, 4.69) is 15.5 Å². The van der Waals surface area contributed by atoms with Crippen LogP contribution in [0.1, 0.15) is 17.4 Å². The van der Waals surface area contributed by atoms with Crippen molar-refractivity contribution in [3.05, 3.63) is 71.6 Å². The zero-order chi connectivity index (χ0) is 20.9. The van der Waals surface area contributed by atoms with Crippen LogP contribution in [0.2, 0.25) is 0 Å². The molecule has 3 aromatic rings. The third kappa shape index (κ3) is 4.17. The van der Waals surface area contributed by atoms with Crippen LogP contribution in [0.15, 0.2) is 48.5 Å². The highest BCUT2D eigenvalue weighted by atomic mass is 19.1. The molecule has 1 fully saturated rings. The number of methoxy groups -OCH3 is 1. The van der Waals surface area contributed by atoms with Gasteiger partial charge >= 0.3 is 0 Å². The average Bonchev–Trinajstić information content (AvgIpc) is 3.23. The minimum Gasteiger partial charge on any atom is -0.383 e. The minimum absolute atomic E-state index is 0.227. The summed E-state index contributed by atoms with van der Waals surface area (Å²) in [6, 6.07) is 13.2. The number of nitrogens with one attached hydrogen (secondary N) is 1. The lowest BCUT2D eigenvalue weighted by molar-refractivity contribution is -0.927. The molecule has 30 heavy (non-hydrogen) atoms. The highest BCUT2D eigenvalue weighted by Crippen LogP contribution is 2.22. The van der Waals surface area contributed by atoms with Crippen LogP contribution in [0, 0.1) is 11.6 Å². The van der Waals surface area contributed by atoms with Crippen LogP contribution in [-0.4, -0.2) is 60.1 Å². The molecule has 2 aromatic carbocycles. The molecule has 0 amide bonds. The molecule has 1 aliphatic rings. The van der Waals surface area contributed by atoms with Crippen molar-refractivity contribution in [2.24, 2.45) is 0 Å². The van der Waals surface area contributed by atoms with Crippen LogP contribution >= 0.6 is 0 Å². The summed E-state index contributed by atoms with van der Waals surface area (Å²) in [4.78, 5) is 3.17. The predicted molar refractivity (Wildman–Crippen MR) is 107 cm³/mol. The first-order chi connectivity index (χ1) is 14.7. The second-order valence-corrected chi connectivity index (χ2v) is 7.30. The number of rotatable bonds is 7. The fourth-order valence-corrected chi connectivity index (χ4v) is 4.04. The Kier molecular flexibility index (Phi) is 6.29. The number of piperazine rings is 1. The average molecular weight is 415 g/mol. The van der Waals surface area contributed by atoms with E-state index in [1.165, 1.54) is 12.1 Å². The molecule has 2 heterocycles. The Labute approximate surface area is 173 Å². The third-order valence-electron chi connectivity index (χ3n) is 5.55. The van der Waals surface area contributed by atoms with Gasteiger partial charge in [-0.1, -0.05) is 24.3 Å². The molecule has 158 valence electrons. The second kappa shape index (κ2) is 9.27. The predicted octanol–water partition coefficient (Wildman–Crippen LogP) is 1.09. The van der Waals surface area contributed by atoms with Crippen molar-refractivity contribution in [1.29, 1.82) is 0 Å². The van der Waals surface area contributed by atoms with Crippen molar-refractivity contribution in [3.63, 3.8) is 0 Å². The minimum atomic E-state index is -0.360. The zero-order valence-corrected chi connectivity index (χ0v) is 16.8. The van der Waals surface area contributed by atoms with Gasteiger partial charge in [0.25, 0.3) is 0 Å². The number of aromatic nitrogens is 4. The number of ether oxygens (including phenoxy) is 1. The van der Waals surface area contributed by atoms with E-state index in [0.717, 1.165) is 4.90 Å². The van der Waals surface area contributed by atoms with Gasteiger partial charge in [-0.15, -0.1) is 5.10 Å². The van der Waals surface area contributed by atoms with Gasteiger partial charge in [0, 0.05) is 7.11 Å². The van der Waals surface area contributed by atoms with Crippen LogP contribution < -0.4 is 9.80 Å². The van der Waals surface area contributed by atoms with Gasteiger partial charge in [-0.2, -0.15) is 0 Å². The van der Waals surface area contributed by atoms with E-state index in [0.29, 0.717) is 56.4 Å². The van der Waals surface area contributed by atoms with Crippen molar-refractivity contribution < 1.29 is 18.4 Å². The first-order valence-electron chi connectivity index (χ1n) is 10.0. The fourth-order valence-electron chi connectivity index (χ4n) is 4.04. The van der Waals surface area contributed by atoms with E-state index in [1.807, 2.05) is 17.0 Å². The molecule has 1 aliphatic heterocycles. The highest BCUT2D eigenvalue weighted by Gasteiger charge is 2.36. The van der Waals surface area contributed by atoms with E-state index in [9.17, 15) is 8.78 Å². The smallest absolute Gasteiger partial charge is 0.214 e. The number of hydrogen-bond acceptors (Lipinski definition) is 5. The van der Waals surface area contributed by atoms with Gasteiger partial charge in [0.15, 0.2) is 6.04 Å². The quantitative estimate of drug-likeness (QED) is 0.626. The zero-order valence-electron chi connectivity index (χ0n) is 16.8. The summed E-state index contributed by atoms with van der Waals surface area (Å²) in [6.07, 6.45) is 0. The first kappa shape index (κ1) is 20.4. The van der Waals surface area contributed by atoms with Crippen LogP contribution in [0.4, 0.5) is 14.5 Å². The summed E-state index contributed by atoms with van der Waals surface area (Å²) < 4.78 is 35.8. The monoisotopic (exact) mass is 415 g/mol. The van der Waals surface area contributed by atoms with Gasteiger partial charge in [0.2, 0.25) is 5.82 Å². The first-order valence-corrected chi connectivity index (χ1v) is 10.0. The standard InChI is InChI=1S/C21H24F2N6O/c1-30-15-14-29-21(24-25-26-29)20(16-6-2-3-7-17(16)22)28-12-10-27(11-13-28)19-9-5-4-8-18(19)23/h2-9,20H,10-15H2,1H3/p+1/t20-/m0/s1. The Hall–Kier alpha value is -2.91. The summed E-state index contributed by atoms with van der Waals surface area (Å²) >= 11 is 0. The van der Waals surface area contributed by atoms with Crippen molar-refractivity contribution in [3.8, 4) is 0 Å². The van der Waals surface area contributed by atoms with E-state index in [-0.39, 0.29) is 17.7 Å². The number of quaternary nitrogens is 1. The van der Waals surface area contributed by atoms with E-state index >= 15 is 0 Å². The lowest BCUT2D eigenvalue weighted by Gasteiger charge is -2.37. The van der Waals surface area contributed by atoms with Crippen molar-refractivity contribution >= 4 is 5.69 Å². The lowest BCUT2D eigenvalue weighted by Crippen LogP contribution is -3.15. The molecule has 0 spiro atoms. The SMILES string of the molecule is COCCn1nnnc1[C@H](c1ccccc1F)[NH+]1CCN(c2ccccc2F)CC1. The van der Waals surface area contributed by atoms with Gasteiger partial charge in [0.1, 0.15) is 11.6 Å². The molecule has 1 aromatic heterocycles. The fraction of sp³-hybridized carbons (Fsp3) is 0.381. The van der Waals surface area contributed by atoms with Crippen LogP contribution in [0.3, 0.4) is 0 Å². The lowest BCUT2D eigenvalue weighted by atomic mass is 10.0. The Morgan fingerprint density at radius 3 is 2.43 bits per heavy atom. The van der Waals surface area contributed by atoms with Crippen LogP contribution in [-0.2, 0) is 11.3 Å². The molecule has 0 radical (unpaired) electrons. The molecular formula is C21H25F2N6O+. The number of tetrazole rings is 1. The highest BCUT2D eigenvalue weighted by molar-refractivity contribution is 5.47. The molecule has 9 heteroatoms. The number of benzene rings is 2. The maximum atomic E-state index is 14.8. The Morgan fingerprint density at radius 1 is 1.03 bits per heavy atom. The summed E-state index contributed by atoms with van der Waals surface area (Å²) in [5, 5.41) is 12.1. The Morgan fingerprint density at radius 2 is 1.73 bits per heavy atom. The number of halogens is 2. The summed E-state index contributed by atoms with van der Waals surface area (Å²) in [7, 11) is 1.62. The topological polar surface area (TPSA) is 60.5 Å². The van der Waals surface area contributed by atoms with Gasteiger partial charge in [-0.3, -0.25) is 0 Å². The molecule has 7 nitrogen and oxygen atoms in total. The number of hydrogen-bond donors (Lipinski definition) is 1. The molecule has 1 atom stereocenters. The maximum Gasteiger partial charge on any atom is 0.214 e. The maximum absolute atomic E-state index is 14.8. The van der Waals surface area contributed by atoms with Crippen molar-refractivity contribution in [2.45, 2.75) is 12.6 Å². The van der Waals surface area contributed by atoms with E-state index in [1.54, 1.807) is 36.1 Å². The normalized spacial score (nSPS) is 16.0. The molecule has 4 rings (SSSR count). The summed E-state index contributed by atoms with van der Waals surface area (Å²) in [5.41, 5.74) is 1.16. The van der Waals surface area contributed by atoms with E-state index < -0.39 is 0 Å². The third-order valence-corrected chi connectivity index (χ3v) is 5.55. The van der Waals surface area contributed by atoms with Crippen molar-refractivity contribution in [2.75, 3.05) is 44.8 Å². The van der Waals surface area contributed by atoms with Crippen molar-refractivity contribution in [1.82, 2.24) is 20.2 Å². The van der Waals surface area contributed by atoms with Gasteiger partial charge < -0.3 is 14.5 Å². The van der Waals surface area contributed by atoms with E-state index in [4.69, 9.17) is 4.74 Å². The Bertz CT molecular complexity index is 973. The second-order valence-electron chi connectivity index (χ2n) is 7.30. The van der Waals surface area contributed by atoms with Crippen LogP contribution in [0.25, 0.3) is 0 Å². The molecule has 0 unspecified atom stereocenters. The molecular weight excluding hydrogens is 390 g/mol. The summed E-state index contributed by atoms with van der Waals surface area (Å²) in [6.45, 7) is 3.65. The number of nitrogens with zero attached hydrogens (tertiary/aromatic N) is 5. The van der Waals surface area contributed by atoms with Gasteiger partial charge in [-0.05, 0) is 34.7 Å². The Balaban J connectivity index is 1.61. The number of anilines is 1.